The lowest BCUT2D eigenvalue weighted by Gasteiger charge is -2.28. The minimum atomic E-state index is -5.53. The zero-order chi connectivity index (χ0) is 16.6. The maximum absolute atomic E-state index is 11.3. The van der Waals surface area contributed by atoms with Gasteiger partial charge >= 0.3 is 15.2 Å². The van der Waals surface area contributed by atoms with Crippen molar-refractivity contribution in [1.29, 1.82) is 0 Å². The van der Waals surface area contributed by atoms with Crippen LogP contribution in [0.15, 0.2) is 36.5 Å². The summed E-state index contributed by atoms with van der Waals surface area (Å²) in [5.41, 5.74) is 0.962. The molecule has 0 spiro atoms. The normalized spacial score (nSPS) is 13.3. The largest absolute Gasteiger partial charge is 0.371 e. The monoisotopic (exact) mass is 349 g/mol. The van der Waals surface area contributed by atoms with Crippen LogP contribution < -0.4 is 0 Å². The highest BCUT2D eigenvalue weighted by Gasteiger charge is 2.60. The van der Waals surface area contributed by atoms with Gasteiger partial charge in [0.1, 0.15) is 5.69 Å². The van der Waals surface area contributed by atoms with Crippen molar-refractivity contribution in [2.24, 2.45) is 0 Å². The Morgan fingerprint density at radius 1 is 1.05 bits per heavy atom. The number of hydrogen-bond donors (Lipinski definition) is 5. The number of hydrogen-bond acceptors (Lipinski definition) is 5. The zero-order valence-electron chi connectivity index (χ0n) is 11.0. The molecule has 10 nitrogen and oxygen atoms in total. The fourth-order valence-electron chi connectivity index (χ4n) is 1.69. The van der Waals surface area contributed by atoms with Gasteiger partial charge in [0.2, 0.25) is 0 Å². The van der Waals surface area contributed by atoms with E-state index >= 15 is 0 Å². The molecule has 22 heavy (non-hydrogen) atoms. The van der Waals surface area contributed by atoms with Crippen molar-refractivity contribution in [3.8, 4) is 11.3 Å². The van der Waals surface area contributed by atoms with Crippen LogP contribution >= 0.6 is 15.2 Å². The molecule has 0 fully saturated rings. The van der Waals surface area contributed by atoms with Crippen molar-refractivity contribution >= 4 is 15.2 Å². The molecule has 120 valence electrons. The Balaban J connectivity index is 2.36. The summed E-state index contributed by atoms with van der Waals surface area (Å²) in [6, 6.07) is 8.64. The first-order valence-corrected chi connectivity index (χ1v) is 9.06. The second-order valence-corrected chi connectivity index (χ2v) is 8.54. The lowest BCUT2D eigenvalue weighted by molar-refractivity contribution is 0.111. The second-order valence-electron chi connectivity index (χ2n) is 4.53. The van der Waals surface area contributed by atoms with Gasteiger partial charge in [-0.2, -0.15) is 0 Å². The van der Waals surface area contributed by atoms with Crippen LogP contribution in [0.3, 0.4) is 0 Å². The van der Waals surface area contributed by atoms with E-state index < -0.39 is 26.8 Å². The molecule has 1 heterocycles. The first kappa shape index (κ1) is 17.0. The van der Waals surface area contributed by atoms with E-state index in [-0.39, 0.29) is 0 Å². The van der Waals surface area contributed by atoms with Crippen molar-refractivity contribution in [2.75, 3.05) is 0 Å². The van der Waals surface area contributed by atoms with Gasteiger partial charge in [-0.05, 0) is 0 Å². The number of benzene rings is 1. The van der Waals surface area contributed by atoms with Crippen molar-refractivity contribution in [2.45, 2.75) is 11.6 Å². The van der Waals surface area contributed by atoms with Crippen molar-refractivity contribution in [3.63, 3.8) is 0 Å². The Bertz CT molecular complexity index is 729. The van der Waals surface area contributed by atoms with E-state index in [0.717, 1.165) is 4.68 Å². The molecule has 0 radical (unpaired) electrons. The van der Waals surface area contributed by atoms with Crippen LogP contribution in [0, 0.1) is 0 Å². The maximum atomic E-state index is 11.3. The summed E-state index contributed by atoms with van der Waals surface area (Å²) >= 11 is 0. The number of aliphatic hydroxyl groups is 1. The SMILES string of the molecule is O=P(O)(O)C(O)(Cn1cc(-c2ccccc2)nn1)P(=O)(O)O. The minimum Gasteiger partial charge on any atom is -0.366 e. The number of rotatable bonds is 5. The van der Waals surface area contributed by atoms with Gasteiger partial charge in [-0.1, -0.05) is 35.5 Å². The Morgan fingerprint density at radius 2 is 1.59 bits per heavy atom. The van der Waals surface area contributed by atoms with E-state index in [1.54, 1.807) is 30.3 Å². The zero-order valence-corrected chi connectivity index (χ0v) is 12.7. The van der Waals surface area contributed by atoms with Crippen LogP contribution in [0.2, 0.25) is 0 Å². The van der Waals surface area contributed by atoms with Gasteiger partial charge in [-0.25, -0.2) is 4.68 Å². The molecule has 0 atom stereocenters. The summed E-state index contributed by atoms with van der Waals surface area (Å²) in [6.07, 6.45) is 1.21. The van der Waals surface area contributed by atoms with Crippen LogP contribution in [0.4, 0.5) is 0 Å². The summed E-state index contributed by atoms with van der Waals surface area (Å²) in [6.45, 7) is -1.11. The summed E-state index contributed by atoms with van der Waals surface area (Å²) in [4.78, 5) is 36.3. The Morgan fingerprint density at radius 3 is 2.09 bits per heavy atom. The van der Waals surface area contributed by atoms with Gasteiger partial charge in [-0.3, -0.25) is 9.13 Å². The third kappa shape index (κ3) is 3.18. The lowest BCUT2D eigenvalue weighted by atomic mass is 10.2. The fraction of sp³-hybridized carbons (Fsp3) is 0.200. The summed E-state index contributed by atoms with van der Waals surface area (Å²) in [5.74, 6) is 0. The second kappa shape index (κ2) is 5.68. The summed E-state index contributed by atoms with van der Waals surface area (Å²) in [7, 11) is -11.1. The Kier molecular flexibility index (Phi) is 4.38. The first-order valence-electron chi connectivity index (χ1n) is 5.84. The molecule has 2 rings (SSSR count). The van der Waals surface area contributed by atoms with Crippen LogP contribution in [0.25, 0.3) is 11.3 Å². The third-order valence-electron chi connectivity index (χ3n) is 2.92. The molecule has 5 N–H and O–H groups in total. The van der Waals surface area contributed by atoms with Gasteiger partial charge in [0.15, 0.2) is 0 Å². The smallest absolute Gasteiger partial charge is 0.366 e. The van der Waals surface area contributed by atoms with E-state index in [9.17, 15) is 14.2 Å². The van der Waals surface area contributed by atoms with Gasteiger partial charge in [0.05, 0.1) is 12.7 Å². The Labute approximate surface area is 124 Å². The van der Waals surface area contributed by atoms with E-state index in [4.69, 9.17) is 19.6 Å². The van der Waals surface area contributed by atoms with Crippen molar-refractivity contribution < 1.29 is 33.8 Å². The van der Waals surface area contributed by atoms with Crippen LogP contribution in [-0.2, 0) is 15.7 Å². The van der Waals surface area contributed by atoms with E-state index in [2.05, 4.69) is 10.3 Å². The highest BCUT2D eigenvalue weighted by Crippen LogP contribution is 2.67. The molecule has 0 aliphatic rings. The van der Waals surface area contributed by atoms with E-state index in [1.807, 2.05) is 0 Å². The topological polar surface area (TPSA) is 166 Å². The molecule has 0 saturated heterocycles. The predicted molar refractivity (Wildman–Crippen MR) is 74.5 cm³/mol. The molecule has 2 aromatic rings. The van der Waals surface area contributed by atoms with Gasteiger partial charge < -0.3 is 24.7 Å². The van der Waals surface area contributed by atoms with Crippen molar-refractivity contribution in [3.05, 3.63) is 36.5 Å². The molecular formula is C10H13N3O7P2. The molecule has 0 aliphatic carbocycles. The number of aromatic nitrogens is 3. The minimum absolute atomic E-state index is 0.319. The molecule has 0 bridgehead atoms. The van der Waals surface area contributed by atoms with Gasteiger partial charge in [0, 0.05) is 5.56 Å². The molecule has 0 aliphatic heterocycles. The van der Waals surface area contributed by atoms with Crippen LogP contribution in [-0.4, -0.2) is 44.8 Å². The van der Waals surface area contributed by atoms with Gasteiger partial charge in [-0.15, -0.1) is 5.10 Å². The average Bonchev–Trinajstić information content (AvgIpc) is 2.85. The molecule has 12 heteroatoms. The fourth-order valence-corrected chi connectivity index (χ4v) is 3.70. The summed E-state index contributed by atoms with van der Waals surface area (Å²) in [5, 5.41) is 13.5. The molecule has 1 aromatic heterocycles. The van der Waals surface area contributed by atoms with E-state index in [1.165, 1.54) is 6.20 Å². The third-order valence-corrected chi connectivity index (χ3v) is 6.63. The van der Waals surface area contributed by atoms with Crippen molar-refractivity contribution in [1.82, 2.24) is 15.0 Å². The van der Waals surface area contributed by atoms with Crippen LogP contribution in [0.1, 0.15) is 0 Å². The van der Waals surface area contributed by atoms with E-state index in [0.29, 0.717) is 11.3 Å². The molecule has 1 aromatic carbocycles. The highest BCUT2D eigenvalue weighted by atomic mass is 31.2. The maximum Gasteiger partial charge on any atom is 0.371 e. The number of nitrogens with zero attached hydrogens (tertiary/aromatic N) is 3. The highest BCUT2D eigenvalue weighted by molar-refractivity contribution is 7.72. The summed E-state index contributed by atoms with van der Waals surface area (Å²) < 4.78 is 23.3. The molecule has 0 saturated carbocycles. The van der Waals surface area contributed by atoms with Crippen LogP contribution in [0.5, 0.6) is 0 Å². The Hall–Kier alpha value is -1.38. The standard InChI is InChI=1S/C10H13N3O7P2/c14-10(21(15,16)17,22(18,19)20)7-13-6-9(11-12-13)8-4-2-1-3-5-8/h1-6,14H,7H2,(H2,15,16,17)(H2,18,19,20). The lowest BCUT2D eigenvalue weighted by Crippen LogP contribution is -2.34. The average molecular weight is 349 g/mol. The molecular weight excluding hydrogens is 336 g/mol. The predicted octanol–water partition coefficient (Wildman–Crippen LogP) is -0.0534. The van der Waals surface area contributed by atoms with Gasteiger partial charge in [0.25, 0.3) is 5.08 Å². The molecule has 0 amide bonds. The molecule has 0 unspecified atom stereocenters. The first-order chi connectivity index (χ1) is 10.0. The quantitative estimate of drug-likeness (QED) is 0.465.